The van der Waals surface area contributed by atoms with Gasteiger partial charge in [-0.1, -0.05) is 107 Å². The standard InChI is InChI=1S/C47H56Cl4N6O5/c1-12-37(62-38-19-15-28(46(8,9)13-2)21-32(38)47(10,11)14-3)44(58)52-30-16-18-33(49)36(24-30)53-43-41(45(59)57(56-43)42-34(50)22-29(48)23-35(42)51)55-54-31-17-20-39(60-26(4)5)40(25-31)61-27(6)7/h15-27,37,41H,12-14H2,1-11H3,(H,52,58)(H,53,56). The number of amides is 2. The second-order valence-corrected chi connectivity index (χ2v) is 18.6. The Morgan fingerprint density at radius 3 is 2.02 bits per heavy atom. The number of rotatable bonds is 17. The quantitative estimate of drug-likeness (QED) is 0.102. The third-order valence-corrected chi connectivity index (χ3v) is 11.8. The monoisotopic (exact) mass is 924 g/mol. The lowest BCUT2D eigenvalue weighted by molar-refractivity contribution is -0.123. The zero-order chi connectivity index (χ0) is 45.7. The molecule has 1 fully saturated rings. The number of amidine groups is 1. The lowest BCUT2D eigenvalue weighted by Gasteiger charge is -2.31. The minimum atomic E-state index is -1.30. The van der Waals surface area contributed by atoms with Crippen LogP contribution in [0.3, 0.4) is 0 Å². The molecule has 15 heteroatoms. The summed E-state index contributed by atoms with van der Waals surface area (Å²) in [7, 11) is 0. The van der Waals surface area contributed by atoms with E-state index in [2.05, 4.69) is 74.6 Å². The highest BCUT2D eigenvalue weighted by atomic mass is 35.5. The molecule has 2 unspecified atom stereocenters. The first kappa shape index (κ1) is 48.5. The second-order valence-electron chi connectivity index (χ2n) is 16.9. The summed E-state index contributed by atoms with van der Waals surface area (Å²) in [6.07, 6.45) is 1.22. The van der Waals surface area contributed by atoms with Gasteiger partial charge in [-0.2, -0.15) is 10.2 Å². The zero-order valence-electron chi connectivity index (χ0n) is 37.1. The molecular weight excluding hydrogens is 870 g/mol. The topological polar surface area (TPSA) is 126 Å². The number of anilines is 2. The predicted octanol–water partition coefficient (Wildman–Crippen LogP) is 13.8. The van der Waals surface area contributed by atoms with Gasteiger partial charge in [0.1, 0.15) is 11.4 Å². The van der Waals surface area contributed by atoms with Crippen molar-refractivity contribution in [2.24, 2.45) is 15.2 Å². The molecule has 1 saturated heterocycles. The van der Waals surface area contributed by atoms with Crippen LogP contribution < -0.4 is 30.0 Å². The summed E-state index contributed by atoms with van der Waals surface area (Å²) in [6, 6.07) is 17.9. The maximum absolute atomic E-state index is 14.2. The Kier molecular flexibility index (Phi) is 15.9. The second kappa shape index (κ2) is 20.3. The normalized spacial score (nSPS) is 15.8. The third kappa shape index (κ3) is 11.5. The number of azo groups is 1. The van der Waals surface area contributed by atoms with Gasteiger partial charge < -0.3 is 19.5 Å². The smallest absolute Gasteiger partial charge is 0.280 e. The number of halogens is 4. The van der Waals surface area contributed by atoms with E-state index in [0.717, 1.165) is 23.4 Å². The molecule has 62 heavy (non-hydrogen) atoms. The molecule has 0 aromatic heterocycles. The van der Waals surface area contributed by atoms with Crippen LogP contribution in [0.15, 0.2) is 82.0 Å². The molecule has 0 bridgehead atoms. The Balaban J connectivity index is 1.49. The van der Waals surface area contributed by atoms with Crippen LogP contribution in [-0.2, 0) is 20.4 Å². The van der Waals surface area contributed by atoms with Crippen LogP contribution in [0.1, 0.15) is 107 Å². The molecule has 5 rings (SSSR count). The summed E-state index contributed by atoms with van der Waals surface area (Å²) >= 11 is 26.1. The predicted molar refractivity (Wildman–Crippen MR) is 253 cm³/mol. The molecule has 11 nitrogen and oxygen atoms in total. The highest BCUT2D eigenvalue weighted by Gasteiger charge is 2.41. The lowest BCUT2D eigenvalue weighted by atomic mass is 9.76. The number of nitrogens with zero attached hydrogens (tertiary/aromatic N) is 4. The van der Waals surface area contributed by atoms with Gasteiger partial charge in [0.05, 0.1) is 38.7 Å². The fraction of sp³-hybridized carbons (Fsp3) is 0.426. The molecule has 1 aliphatic rings. The van der Waals surface area contributed by atoms with Crippen molar-refractivity contribution in [2.75, 3.05) is 10.3 Å². The molecule has 1 heterocycles. The van der Waals surface area contributed by atoms with E-state index in [1.807, 2.05) is 40.7 Å². The molecule has 332 valence electrons. The Bertz CT molecular complexity index is 2320. The van der Waals surface area contributed by atoms with Crippen LogP contribution in [-0.4, -0.2) is 42.0 Å². The lowest BCUT2D eigenvalue weighted by Crippen LogP contribution is -2.36. The van der Waals surface area contributed by atoms with Crippen LogP contribution in [0, 0.1) is 0 Å². The number of hydrazine groups is 1. The van der Waals surface area contributed by atoms with E-state index in [4.69, 9.17) is 65.6 Å². The average Bonchev–Trinajstić information content (AvgIpc) is 3.50. The summed E-state index contributed by atoms with van der Waals surface area (Å²) in [6.45, 7) is 22.7. The summed E-state index contributed by atoms with van der Waals surface area (Å²) in [5, 5.41) is 13.7. The number of carbonyl (C=O) groups excluding carboxylic acids is 2. The van der Waals surface area contributed by atoms with Crippen LogP contribution in [0.5, 0.6) is 17.2 Å². The van der Waals surface area contributed by atoms with Gasteiger partial charge in [0.2, 0.25) is 6.04 Å². The maximum Gasteiger partial charge on any atom is 0.280 e. The number of nitrogens with one attached hydrogen (secondary N) is 2. The fourth-order valence-corrected chi connectivity index (χ4v) is 7.58. The first-order chi connectivity index (χ1) is 29.2. The van der Waals surface area contributed by atoms with Gasteiger partial charge in [-0.05, 0) is 112 Å². The van der Waals surface area contributed by atoms with E-state index >= 15 is 0 Å². The van der Waals surface area contributed by atoms with Gasteiger partial charge in [0.15, 0.2) is 23.4 Å². The minimum Gasteiger partial charge on any atom is -0.487 e. The van der Waals surface area contributed by atoms with Gasteiger partial charge in [0, 0.05) is 22.3 Å². The molecule has 2 amide bonds. The SMILES string of the molecule is CCC(Oc1ccc(C(C)(C)CC)cc1C(C)(C)CC)C(=O)Nc1ccc(Cl)c(N=C2NN(c3c(Cl)cc(Cl)cc3Cl)C(=O)C2N=Nc2ccc(OC(C)C)c(OC(C)C)c2)c1. The van der Waals surface area contributed by atoms with E-state index in [1.165, 1.54) is 17.7 Å². The summed E-state index contributed by atoms with van der Waals surface area (Å²) in [5.74, 6) is 0.801. The fourth-order valence-electron chi connectivity index (χ4n) is 6.44. The maximum atomic E-state index is 14.2. The first-order valence-corrected chi connectivity index (χ1v) is 22.3. The highest BCUT2D eigenvalue weighted by molar-refractivity contribution is 6.43. The number of hydrogen-bond acceptors (Lipinski definition) is 8. The van der Waals surface area contributed by atoms with Crippen molar-refractivity contribution < 1.29 is 23.8 Å². The van der Waals surface area contributed by atoms with Gasteiger partial charge in [-0.15, -0.1) is 0 Å². The van der Waals surface area contributed by atoms with E-state index in [1.54, 1.807) is 36.4 Å². The van der Waals surface area contributed by atoms with Crippen molar-refractivity contribution in [2.45, 2.75) is 131 Å². The number of benzene rings is 4. The molecule has 0 spiro atoms. The Labute approximate surface area is 385 Å². The summed E-state index contributed by atoms with van der Waals surface area (Å²) < 4.78 is 18.5. The number of hydrogen-bond donors (Lipinski definition) is 2. The molecule has 0 saturated carbocycles. The molecule has 4 aromatic carbocycles. The van der Waals surface area contributed by atoms with Crippen LogP contribution in [0.4, 0.5) is 22.7 Å². The van der Waals surface area contributed by atoms with Crippen LogP contribution in [0.25, 0.3) is 0 Å². The summed E-state index contributed by atoms with van der Waals surface area (Å²) in [4.78, 5) is 32.8. The molecule has 2 atom stereocenters. The van der Waals surface area contributed by atoms with Crippen LogP contribution in [0.2, 0.25) is 20.1 Å². The van der Waals surface area contributed by atoms with Gasteiger partial charge >= 0.3 is 0 Å². The molecule has 2 N–H and O–H groups in total. The van der Waals surface area contributed by atoms with Crippen molar-refractivity contribution in [3.8, 4) is 17.2 Å². The van der Waals surface area contributed by atoms with Crippen molar-refractivity contribution in [3.63, 3.8) is 0 Å². The Hall–Kier alpha value is -4.55. The zero-order valence-corrected chi connectivity index (χ0v) is 40.1. The molecule has 0 radical (unpaired) electrons. The van der Waals surface area contributed by atoms with Gasteiger partial charge in [-0.3, -0.25) is 15.0 Å². The van der Waals surface area contributed by atoms with Crippen molar-refractivity contribution in [1.29, 1.82) is 0 Å². The third-order valence-electron chi connectivity index (χ3n) is 10.7. The van der Waals surface area contributed by atoms with E-state index in [0.29, 0.717) is 35.0 Å². The van der Waals surface area contributed by atoms with Crippen molar-refractivity contribution in [3.05, 3.63) is 97.9 Å². The minimum absolute atomic E-state index is 0.0193. The number of ether oxygens (including phenoxy) is 3. The Morgan fingerprint density at radius 1 is 0.774 bits per heavy atom. The average molecular weight is 927 g/mol. The van der Waals surface area contributed by atoms with E-state index < -0.39 is 18.1 Å². The number of carbonyl (C=O) groups is 2. The van der Waals surface area contributed by atoms with Gasteiger partial charge in [-0.25, -0.2) is 10.0 Å². The van der Waals surface area contributed by atoms with E-state index in [9.17, 15) is 9.59 Å². The largest absolute Gasteiger partial charge is 0.487 e. The molecule has 1 aliphatic heterocycles. The van der Waals surface area contributed by atoms with Crippen molar-refractivity contribution >= 4 is 86.8 Å². The molecular formula is C47H56Cl4N6O5. The highest BCUT2D eigenvalue weighted by Crippen LogP contribution is 2.41. The van der Waals surface area contributed by atoms with Gasteiger partial charge in [0.25, 0.3) is 11.8 Å². The Morgan fingerprint density at radius 2 is 1.40 bits per heavy atom. The summed E-state index contributed by atoms with van der Waals surface area (Å²) in [5.41, 5.74) is 6.23. The van der Waals surface area contributed by atoms with E-state index in [-0.39, 0.29) is 66.2 Å². The number of aliphatic imine (C=N–C) groups is 1. The van der Waals surface area contributed by atoms with Crippen LogP contribution >= 0.6 is 46.4 Å². The first-order valence-electron chi connectivity index (χ1n) is 20.8. The molecule has 4 aromatic rings. The molecule has 0 aliphatic carbocycles. The van der Waals surface area contributed by atoms with Crippen molar-refractivity contribution in [1.82, 2.24) is 5.43 Å².